The molecule has 0 saturated carbocycles. The first kappa shape index (κ1) is 26.0. The lowest BCUT2D eigenvalue weighted by Crippen LogP contribution is -2.30. The Morgan fingerprint density at radius 1 is 0.917 bits per heavy atom. The first-order valence-corrected chi connectivity index (χ1v) is 14.6. The van der Waals surface area contributed by atoms with Crippen molar-refractivity contribution in [2.45, 2.75) is 65.5 Å². The number of amides is 1. The van der Waals surface area contributed by atoms with Gasteiger partial charge in [0.05, 0.1) is 24.5 Å². The molecule has 0 bridgehead atoms. The van der Waals surface area contributed by atoms with Crippen LogP contribution in [0.3, 0.4) is 0 Å². The number of anilines is 1. The van der Waals surface area contributed by atoms with Crippen molar-refractivity contribution in [2.75, 3.05) is 10.6 Å². The van der Waals surface area contributed by atoms with Gasteiger partial charge in [-0.2, -0.15) is 0 Å². The van der Waals surface area contributed by atoms with Gasteiger partial charge in [-0.25, -0.2) is 8.42 Å². The Hall–Kier alpha value is -3.12. The minimum atomic E-state index is -3.48. The molecule has 0 fully saturated rings. The molecule has 190 valence electrons. The van der Waals surface area contributed by atoms with Crippen LogP contribution in [0.1, 0.15) is 76.0 Å². The number of sulfonamides is 1. The van der Waals surface area contributed by atoms with Crippen molar-refractivity contribution >= 4 is 21.6 Å². The zero-order valence-corrected chi connectivity index (χ0v) is 22.5. The van der Waals surface area contributed by atoms with Gasteiger partial charge in [0.15, 0.2) is 0 Å². The number of rotatable bonds is 8. The van der Waals surface area contributed by atoms with Gasteiger partial charge in [-0.1, -0.05) is 43.3 Å². The van der Waals surface area contributed by atoms with Crippen LogP contribution in [0.15, 0.2) is 60.7 Å². The van der Waals surface area contributed by atoms with Gasteiger partial charge in [0.2, 0.25) is 10.0 Å². The van der Waals surface area contributed by atoms with Crippen LogP contribution in [-0.4, -0.2) is 20.6 Å². The lowest BCUT2D eigenvalue weighted by atomic mass is 9.88. The van der Waals surface area contributed by atoms with E-state index >= 15 is 0 Å². The van der Waals surface area contributed by atoms with E-state index in [-0.39, 0.29) is 18.5 Å². The van der Waals surface area contributed by atoms with Crippen LogP contribution in [0.5, 0.6) is 0 Å². The highest BCUT2D eigenvalue weighted by atomic mass is 32.2. The number of nitrogens with zero attached hydrogens (tertiary/aromatic N) is 1. The molecule has 1 aliphatic rings. The smallest absolute Gasteiger partial charge is 0.251 e. The van der Waals surface area contributed by atoms with Crippen LogP contribution in [0.2, 0.25) is 0 Å². The number of hydrogen-bond donors (Lipinski definition) is 1. The van der Waals surface area contributed by atoms with Gasteiger partial charge in [-0.15, -0.1) is 0 Å². The number of aryl methyl sites for hydroxylation is 4. The molecule has 1 atom stereocenters. The summed E-state index contributed by atoms with van der Waals surface area (Å²) >= 11 is 0. The van der Waals surface area contributed by atoms with Crippen molar-refractivity contribution in [3.8, 4) is 0 Å². The molecule has 36 heavy (non-hydrogen) atoms. The topological polar surface area (TPSA) is 66.5 Å². The van der Waals surface area contributed by atoms with Gasteiger partial charge in [0.1, 0.15) is 0 Å². The third-order valence-electron chi connectivity index (χ3n) is 6.93. The summed E-state index contributed by atoms with van der Waals surface area (Å²) in [6.45, 7) is 6.20. The molecule has 0 radical (unpaired) electrons. The summed E-state index contributed by atoms with van der Waals surface area (Å²) < 4.78 is 26.6. The Labute approximate surface area is 215 Å². The van der Waals surface area contributed by atoms with Crippen LogP contribution in [0, 0.1) is 13.8 Å². The van der Waals surface area contributed by atoms with Gasteiger partial charge in [-0.3, -0.25) is 9.10 Å². The monoisotopic (exact) mass is 504 g/mol. The fourth-order valence-electron chi connectivity index (χ4n) is 5.05. The summed E-state index contributed by atoms with van der Waals surface area (Å²) in [7, 11) is -3.48. The Morgan fingerprint density at radius 3 is 2.17 bits per heavy atom. The first-order chi connectivity index (χ1) is 17.1. The number of carbonyl (C=O) groups is 1. The molecule has 0 unspecified atom stereocenters. The maximum atomic E-state index is 13.0. The second-order valence-corrected chi connectivity index (χ2v) is 11.9. The molecule has 0 heterocycles. The van der Waals surface area contributed by atoms with Gasteiger partial charge in [0.25, 0.3) is 5.91 Å². The third kappa shape index (κ3) is 6.16. The van der Waals surface area contributed by atoms with E-state index < -0.39 is 10.0 Å². The number of hydrogen-bond acceptors (Lipinski definition) is 3. The fourth-order valence-corrected chi connectivity index (χ4v) is 5.93. The minimum Gasteiger partial charge on any atom is -0.345 e. The number of carbonyl (C=O) groups excluding carboxylic acids is 1. The lowest BCUT2D eigenvalue weighted by molar-refractivity contribution is 0.0935. The Balaban J connectivity index is 1.48. The normalized spacial score (nSPS) is 14.1. The van der Waals surface area contributed by atoms with Crippen molar-refractivity contribution in [1.82, 2.24) is 5.32 Å². The van der Waals surface area contributed by atoms with Crippen molar-refractivity contribution in [1.29, 1.82) is 0 Å². The molecule has 0 aromatic heterocycles. The van der Waals surface area contributed by atoms with Crippen molar-refractivity contribution in [3.63, 3.8) is 0 Å². The standard InChI is InChI=1S/C30H36N2O3S/c1-5-29(27-15-14-24-8-6-7-9-26(24)19-27)31-30(33)25-12-10-23(11-13-25)20-32(36(4,34)35)28-17-21(2)16-22(3)18-28/h10-19,29H,5-9,20H2,1-4H3,(H,31,33)/t29-/m0/s1. The second-order valence-electron chi connectivity index (χ2n) is 9.98. The van der Waals surface area contributed by atoms with Crippen LogP contribution in [-0.2, 0) is 29.4 Å². The van der Waals surface area contributed by atoms with Crippen molar-refractivity contribution < 1.29 is 13.2 Å². The molecule has 1 amide bonds. The largest absolute Gasteiger partial charge is 0.345 e. The van der Waals surface area contributed by atoms with E-state index in [1.54, 1.807) is 12.1 Å². The number of fused-ring (bicyclic) bond motifs is 1. The van der Waals surface area contributed by atoms with E-state index in [0.29, 0.717) is 11.3 Å². The Bertz CT molecular complexity index is 1330. The Morgan fingerprint density at radius 2 is 1.56 bits per heavy atom. The summed E-state index contributed by atoms with van der Waals surface area (Å²) in [5.41, 5.74) is 8.05. The summed E-state index contributed by atoms with van der Waals surface area (Å²) in [5, 5.41) is 3.18. The fraction of sp³-hybridized carbons (Fsp3) is 0.367. The molecule has 6 heteroatoms. The maximum absolute atomic E-state index is 13.0. The van der Waals surface area contributed by atoms with E-state index in [0.717, 1.165) is 41.5 Å². The molecule has 0 aliphatic heterocycles. The van der Waals surface area contributed by atoms with Gasteiger partial charge >= 0.3 is 0 Å². The molecular formula is C30H36N2O3S. The van der Waals surface area contributed by atoms with E-state index in [4.69, 9.17) is 0 Å². The summed E-state index contributed by atoms with van der Waals surface area (Å²) in [6.07, 6.45) is 6.77. The first-order valence-electron chi connectivity index (χ1n) is 12.7. The molecule has 0 saturated heterocycles. The maximum Gasteiger partial charge on any atom is 0.251 e. The molecule has 1 aliphatic carbocycles. The number of nitrogens with one attached hydrogen (secondary N) is 1. The quantitative estimate of drug-likeness (QED) is 0.407. The highest BCUT2D eigenvalue weighted by Gasteiger charge is 2.20. The van der Waals surface area contributed by atoms with Crippen LogP contribution in [0.4, 0.5) is 5.69 Å². The summed E-state index contributed by atoms with van der Waals surface area (Å²) in [5.74, 6) is -0.125. The molecule has 3 aromatic carbocycles. The van der Waals surface area contributed by atoms with Crippen molar-refractivity contribution in [2.24, 2.45) is 0 Å². The molecule has 3 aromatic rings. The van der Waals surface area contributed by atoms with E-state index in [9.17, 15) is 13.2 Å². The summed E-state index contributed by atoms with van der Waals surface area (Å²) in [4.78, 5) is 13.0. The molecule has 0 spiro atoms. The van der Waals surface area contributed by atoms with E-state index in [1.807, 2.05) is 44.2 Å². The van der Waals surface area contributed by atoms with E-state index in [2.05, 4.69) is 30.4 Å². The summed E-state index contributed by atoms with van der Waals surface area (Å²) in [6, 6.07) is 19.6. The SMILES string of the molecule is CC[C@H](NC(=O)c1ccc(CN(c2cc(C)cc(C)c2)S(C)(=O)=O)cc1)c1ccc2c(c1)CCCC2. The van der Waals surface area contributed by atoms with Gasteiger partial charge in [0, 0.05) is 5.56 Å². The number of benzene rings is 3. The van der Waals surface area contributed by atoms with Crippen LogP contribution >= 0.6 is 0 Å². The molecular weight excluding hydrogens is 468 g/mol. The zero-order valence-electron chi connectivity index (χ0n) is 21.7. The third-order valence-corrected chi connectivity index (χ3v) is 8.07. The van der Waals surface area contributed by atoms with Crippen LogP contribution in [0.25, 0.3) is 0 Å². The Kier molecular flexibility index (Phi) is 7.84. The highest BCUT2D eigenvalue weighted by molar-refractivity contribution is 7.92. The molecule has 4 rings (SSSR count). The van der Waals surface area contributed by atoms with Gasteiger partial charge in [-0.05, 0) is 104 Å². The highest BCUT2D eigenvalue weighted by Crippen LogP contribution is 2.27. The second kappa shape index (κ2) is 10.9. The molecule has 5 nitrogen and oxygen atoms in total. The lowest BCUT2D eigenvalue weighted by Gasteiger charge is -2.24. The minimum absolute atomic E-state index is 0.0466. The van der Waals surface area contributed by atoms with Crippen LogP contribution < -0.4 is 9.62 Å². The van der Waals surface area contributed by atoms with E-state index in [1.165, 1.54) is 34.5 Å². The molecule has 1 N–H and O–H groups in total. The average molecular weight is 505 g/mol. The zero-order chi connectivity index (χ0) is 25.9. The average Bonchev–Trinajstić information content (AvgIpc) is 2.84. The van der Waals surface area contributed by atoms with Gasteiger partial charge < -0.3 is 5.32 Å². The predicted molar refractivity (Wildman–Crippen MR) is 147 cm³/mol. The predicted octanol–water partition coefficient (Wildman–Crippen LogP) is 6.03. The van der Waals surface area contributed by atoms with Crippen molar-refractivity contribution in [3.05, 3.63) is 99.6 Å².